The van der Waals surface area contributed by atoms with Gasteiger partial charge in [0.25, 0.3) is 0 Å². The fraction of sp³-hybridized carbons (Fsp3) is 0.727. The summed E-state index contributed by atoms with van der Waals surface area (Å²) in [5.74, 6) is 0.331. The van der Waals surface area contributed by atoms with Crippen molar-refractivity contribution in [3.05, 3.63) is 5.89 Å². The van der Waals surface area contributed by atoms with Crippen LogP contribution in [0.2, 0.25) is 0 Å². The highest BCUT2D eigenvalue weighted by Gasteiger charge is 2.25. The minimum absolute atomic E-state index is 0.112. The molecule has 0 bridgehead atoms. The van der Waals surface area contributed by atoms with Gasteiger partial charge in [-0.05, 0) is 13.0 Å². The molecule has 0 aromatic carbocycles. The summed E-state index contributed by atoms with van der Waals surface area (Å²) in [7, 11) is 0. The van der Waals surface area contributed by atoms with Crippen LogP contribution in [0, 0.1) is 6.92 Å². The minimum Gasteiger partial charge on any atom is -0.408 e. The molecule has 1 aromatic rings. The maximum absolute atomic E-state index is 11.9. The lowest BCUT2D eigenvalue weighted by Gasteiger charge is -2.37. The Hall–Kier alpha value is -1.47. The van der Waals surface area contributed by atoms with E-state index in [0.717, 1.165) is 26.1 Å². The Morgan fingerprint density at radius 1 is 1.56 bits per heavy atom. The maximum Gasteiger partial charge on any atom is 0.322 e. The van der Waals surface area contributed by atoms with E-state index in [-0.39, 0.29) is 11.9 Å². The fourth-order valence-corrected chi connectivity index (χ4v) is 1.90. The van der Waals surface area contributed by atoms with Crippen LogP contribution in [-0.4, -0.2) is 53.2 Å². The molecule has 1 saturated heterocycles. The molecule has 0 atom stereocenters. The van der Waals surface area contributed by atoms with Gasteiger partial charge in [0.1, 0.15) is 0 Å². The van der Waals surface area contributed by atoms with Crippen molar-refractivity contribution in [2.45, 2.75) is 26.3 Å². The van der Waals surface area contributed by atoms with Crippen LogP contribution >= 0.6 is 0 Å². The standard InChI is InChI=1S/C11H19N5O2/c1-3-4-16(9-5-12-6-9)7-10(17)13-11-15-14-8(2)18-11/h9,12H,3-7H2,1-2H3,(H,13,15,17). The summed E-state index contributed by atoms with van der Waals surface area (Å²) in [5, 5.41) is 13.2. The van der Waals surface area contributed by atoms with E-state index < -0.39 is 0 Å². The molecule has 1 amide bonds. The molecule has 0 unspecified atom stereocenters. The molecule has 1 aromatic heterocycles. The van der Waals surface area contributed by atoms with E-state index in [9.17, 15) is 4.79 Å². The number of aromatic nitrogens is 2. The van der Waals surface area contributed by atoms with E-state index in [2.05, 4.69) is 32.7 Å². The zero-order chi connectivity index (χ0) is 13.0. The van der Waals surface area contributed by atoms with Gasteiger partial charge in [-0.2, -0.15) is 0 Å². The zero-order valence-corrected chi connectivity index (χ0v) is 10.8. The van der Waals surface area contributed by atoms with Crippen LogP contribution in [0.3, 0.4) is 0 Å². The van der Waals surface area contributed by atoms with Gasteiger partial charge in [-0.3, -0.25) is 15.0 Å². The van der Waals surface area contributed by atoms with E-state index in [1.807, 2.05) is 0 Å². The van der Waals surface area contributed by atoms with Gasteiger partial charge in [-0.25, -0.2) is 0 Å². The normalized spacial score (nSPS) is 15.7. The largest absolute Gasteiger partial charge is 0.408 e. The van der Waals surface area contributed by atoms with Crippen LogP contribution in [0.25, 0.3) is 0 Å². The predicted molar refractivity (Wildman–Crippen MR) is 66.2 cm³/mol. The Labute approximate surface area is 106 Å². The lowest BCUT2D eigenvalue weighted by atomic mass is 10.1. The van der Waals surface area contributed by atoms with Crippen LogP contribution in [-0.2, 0) is 4.79 Å². The first-order chi connectivity index (χ1) is 8.69. The van der Waals surface area contributed by atoms with Crippen molar-refractivity contribution in [3.63, 3.8) is 0 Å². The molecule has 1 aliphatic rings. The third-order valence-corrected chi connectivity index (χ3v) is 2.91. The van der Waals surface area contributed by atoms with E-state index >= 15 is 0 Å². The number of carbonyl (C=O) groups excluding carboxylic acids is 1. The highest BCUT2D eigenvalue weighted by molar-refractivity contribution is 5.90. The van der Waals surface area contributed by atoms with Gasteiger partial charge in [0.15, 0.2) is 0 Å². The second kappa shape index (κ2) is 5.92. The topological polar surface area (TPSA) is 83.3 Å². The number of anilines is 1. The molecule has 0 radical (unpaired) electrons. The first-order valence-electron chi connectivity index (χ1n) is 6.23. The molecular weight excluding hydrogens is 234 g/mol. The molecular formula is C11H19N5O2. The van der Waals surface area contributed by atoms with Crippen molar-refractivity contribution in [2.75, 3.05) is 31.5 Å². The highest BCUT2D eigenvalue weighted by atomic mass is 16.4. The Morgan fingerprint density at radius 2 is 2.33 bits per heavy atom. The highest BCUT2D eigenvalue weighted by Crippen LogP contribution is 2.07. The van der Waals surface area contributed by atoms with E-state index in [1.54, 1.807) is 6.92 Å². The average molecular weight is 253 g/mol. The van der Waals surface area contributed by atoms with Crippen LogP contribution in [0.15, 0.2) is 4.42 Å². The summed E-state index contributed by atoms with van der Waals surface area (Å²) in [6.07, 6.45) is 1.03. The van der Waals surface area contributed by atoms with E-state index in [1.165, 1.54) is 0 Å². The SMILES string of the molecule is CCCN(CC(=O)Nc1nnc(C)o1)C1CNC1. The van der Waals surface area contributed by atoms with Crippen molar-refractivity contribution >= 4 is 11.9 Å². The number of nitrogens with one attached hydrogen (secondary N) is 2. The molecule has 1 aliphatic heterocycles. The van der Waals surface area contributed by atoms with Crippen LogP contribution < -0.4 is 10.6 Å². The fourth-order valence-electron chi connectivity index (χ4n) is 1.90. The Kier molecular flexibility index (Phi) is 4.27. The van der Waals surface area contributed by atoms with Gasteiger partial charge in [-0.1, -0.05) is 12.0 Å². The lowest BCUT2D eigenvalue weighted by molar-refractivity contribution is -0.118. The molecule has 18 heavy (non-hydrogen) atoms. The number of amides is 1. The summed E-state index contributed by atoms with van der Waals surface area (Å²) >= 11 is 0. The molecule has 2 rings (SSSR count). The molecule has 2 N–H and O–H groups in total. The Balaban J connectivity index is 1.84. The third kappa shape index (κ3) is 3.27. The number of rotatable bonds is 6. The first kappa shape index (κ1) is 13.0. The molecule has 100 valence electrons. The van der Waals surface area contributed by atoms with Gasteiger partial charge in [0, 0.05) is 26.1 Å². The molecule has 0 spiro atoms. The second-order valence-electron chi connectivity index (χ2n) is 4.46. The molecule has 1 fully saturated rings. The van der Waals surface area contributed by atoms with Crippen molar-refractivity contribution in [1.82, 2.24) is 20.4 Å². The second-order valence-corrected chi connectivity index (χ2v) is 4.46. The van der Waals surface area contributed by atoms with Gasteiger partial charge in [-0.15, -0.1) is 5.10 Å². The number of aryl methyl sites for hydroxylation is 1. The van der Waals surface area contributed by atoms with Crippen LogP contribution in [0.5, 0.6) is 0 Å². The average Bonchev–Trinajstić information content (AvgIpc) is 2.61. The molecule has 7 nitrogen and oxygen atoms in total. The summed E-state index contributed by atoms with van der Waals surface area (Å²) in [4.78, 5) is 14.0. The van der Waals surface area contributed by atoms with Crippen molar-refractivity contribution < 1.29 is 9.21 Å². The summed E-state index contributed by atoms with van der Waals surface area (Å²) in [6, 6.07) is 0.626. The quantitative estimate of drug-likeness (QED) is 0.742. The van der Waals surface area contributed by atoms with Crippen LogP contribution in [0.4, 0.5) is 6.01 Å². The zero-order valence-electron chi connectivity index (χ0n) is 10.8. The van der Waals surface area contributed by atoms with Crippen molar-refractivity contribution in [3.8, 4) is 0 Å². The predicted octanol–water partition coefficient (Wildman–Crippen LogP) is 0.000320. The Bertz CT molecular complexity index is 402. The number of hydrogen-bond acceptors (Lipinski definition) is 6. The summed E-state index contributed by atoms with van der Waals surface area (Å²) in [5.41, 5.74) is 0. The number of carbonyl (C=O) groups is 1. The van der Waals surface area contributed by atoms with Crippen molar-refractivity contribution in [1.29, 1.82) is 0 Å². The third-order valence-electron chi connectivity index (χ3n) is 2.91. The molecule has 2 heterocycles. The van der Waals surface area contributed by atoms with Gasteiger partial charge in [0.05, 0.1) is 6.54 Å². The lowest BCUT2D eigenvalue weighted by Crippen LogP contribution is -2.58. The monoisotopic (exact) mass is 253 g/mol. The van der Waals surface area contributed by atoms with Gasteiger partial charge in [0.2, 0.25) is 11.8 Å². The number of nitrogens with zero attached hydrogens (tertiary/aromatic N) is 3. The molecule has 0 saturated carbocycles. The Morgan fingerprint density at radius 3 is 2.83 bits per heavy atom. The van der Waals surface area contributed by atoms with Gasteiger partial charge < -0.3 is 9.73 Å². The van der Waals surface area contributed by atoms with Gasteiger partial charge >= 0.3 is 6.01 Å². The van der Waals surface area contributed by atoms with Crippen LogP contribution in [0.1, 0.15) is 19.2 Å². The maximum atomic E-state index is 11.9. The summed E-state index contributed by atoms with van der Waals surface area (Å²) in [6.45, 7) is 6.98. The molecule has 7 heteroatoms. The molecule has 0 aliphatic carbocycles. The minimum atomic E-state index is -0.112. The smallest absolute Gasteiger partial charge is 0.322 e. The van der Waals surface area contributed by atoms with E-state index in [4.69, 9.17) is 4.42 Å². The first-order valence-corrected chi connectivity index (χ1v) is 6.23. The van der Waals surface area contributed by atoms with Crippen molar-refractivity contribution in [2.24, 2.45) is 0 Å². The van der Waals surface area contributed by atoms with E-state index in [0.29, 0.717) is 18.5 Å². The summed E-state index contributed by atoms with van der Waals surface area (Å²) < 4.78 is 5.11. The number of hydrogen-bond donors (Lipinski definition) is 2.